The van der Waals surface area contributed by atoms with E-state index in [2.05, 4.69) is 0 Å². The molecule has 0 fully saturated rings. The van der Waals surface area contributed by atoms with Gasteiger partial charge in [0.15, 0.2) is 5.78 Å². The Labute approximate surface area is 77.5 Å². The Bertz CT molecular complexity index is 211. The number of hydrogen-bond acceptors (Lipinski definition) is 4. The summed E-state index contributed by atoms with van der Waals surface area (Å²) in [5.74, 6) is -1.25. The molecule has 1 N–H and O–H groups in total. The predicted molar refractivity (Wildman–Crippen MR) is 46.5 cm³/mol. The van der Waals surface area contributed by atoms with Crippen LogP contribution in [0.2, 0.25) is 0 Å². The highest BCUT2D eigenvalue weighted by atomic mass is 16.4. The van der Waals surface area contributed by atoms with E-state index in [-0.39, 0.29) is 17.9 Å². The molecule has 0 saturated heterocycles. The Hall–Kier alpha value is -1.19. The second kappa shape index (κ2) is 6.34. The van der Waals surface area contributed by atoms with Gasteiger partial charge in [-0.3, -0.25) is 4.79 Å². The van der Waals surface area contributed by atoms with E-state index in [1.54, 1.807) is 0 Å². The Morgan fingerprint density at radius 2 is 1.69 bits per heavy atom. The van der Waals surface area contributed by atoms with Crippen molar-refractivity contribution in [2.45, 2.75) is 39.0 Å². The van der Waals surface area contributed by atoms with Crippen LogP contribution in [0.4, 0.5) is 0 Å². The van der Waals surface area contributed by atoms with Gasteiger partial charge in [0.1, 0.15) is 0 Å². The number of Topliss-reactive ketones (excluding diaryl/α,β-unsaturated/α-hetero) is 1. The molecule has 0 radical (unpaired) electrons. The molecule has 0 bridgehead atoms. The van der Waals surface area contributed by atoms with E-state index >= 15 is 0 Å². The average molecular weight is 184 g/mol. The van der Waals surface area contributed by atoms with Crippen LogP contribution in [0.15, 0.2) is 0 Å². The molecular formula is C9H14NO3-. The zero-order valence-electron chi connectivity index (χ0n) is 7.76. The molecule has 0 aromatic heterocycles. The fraction of sp³-hybridized carbons (Fsp3) is 0.667. The maximum atomic E-state index is 10.6. The molecule has 0 aliphatic rings. The van der Waals surface area contributed by atoms with E-state index in [9.17, 15) is 14.7 Å². The molecule has 74 valence electrons. The number of hydrogen-bond donors (Lipinski definition) is 1. The number of carboxylic acid groups (broad SMARTS) is 1. The summed E-state index contributed by atoms with van der Waals surface area (Å²) in [5, 5.41) is 17.2. The van der Waals surface area contributed by atoms with Crippen molar-refractivity contribution in [3.05, 3.63) is 0 Å². The first-order valence-electron chi connectivity index (χ1n) is 4.32. The SMILES string of the molecule is CC(=O)C(=N)CCCCCC(=O)[O-]. The first-order valence-corrected chi connectivity index (χ1v) is 4.32. The third kappa shape index (κ3) is 7.18. The highest BCUT2D eigenvalue weighted by Gasteiger charge is 2.01. The summed E-state index contributed by atoms with van der Waals surface area (Å²) in [6, 6.07) is 0. The summed E-state index contributed by atoms with van der Waals surface area (Å²) in [7, 11) is 0. The Balaban J connectivity index is 3.31. The fourth-order valence-electron chi connectivity index (χ4n) is 0.924. The molecule has 4 heteroatoms. The highest BCUT2D eigenvalue weighted by molar-refractivity contribution is 6.37. The zero-order chi connectivity index (χ0) is 10.3. The predicted octanol–water partition coefficient (Wildman–Crippen LogP) is 0.296. The fourth-order valence-corrected chi connectivity index (χ4v) is 0.924. The van der Waals surface area contributed by atoms with Crippen molar-refractivity contribution < 1.29 is 14.7 Å². The summed E-state index contributed by atoms with van der Waals surface area (Å²) < 4.78 is 0. The Kier molecular flexibility index (Phi) is 5.76. The van der Waals surface area contributed by atoms with Crippen LogP contribution in [-0.2, 0) is 9.59 Å². The molecule has 0 saturated carbocycles. The van der Waals surface area contributed by atoms with Crippen LogP contribution in [-0.4, -0.2) is 17.5 Å². The van der Waals surface area contributed by atoms with Crippen LogP contribution in [0.5, 0.6) is 0 Å². The number of unbranched alkanes of at least 4 members (excludes halogenated alkanes) is 2. The third-order valence-electron chi connectivity index (χ3n) is 1.73. The van der Waals surface area contributed by atoms with E-state index in [1.165, 1.54) is 6.92 Å². The number of rotatable bonds is 7. The van der Waals surface area contributed by atoms with Crippen LogP contribution in [0, 0.1) is 5.41 Å². The van der Waals surface area contributed by atoms with Gasteiger partial charge in [0, 0.05) is 12.9 Å². The number of aliphatic carboxylic acids is 1. The summed E-state index contributed by atoms with van der Waals surface area (Å²) >= 11 is 0. The molecule has 0 heterocycles. The number of carboxylic acids is 1. The maximum Gasteiger partial charge on any atom is 0.173 e. The highest BCUT2D eigenvalue weighted by Crippen LogP contribution is 2.03. The quantitative estimate of drug-likeness (QED) is 0.456. The lowest BCUT2D eigenvalue weighted by Crippen LogP contribution is -2.21. The van der Waals surface area contributed by atoms with Gasteiger partial charge < -0.3 is 15.3 Å². The topological polar surface area (TPSA) is 81.0 Å². The van der Waals surface area contributed by atoms with Gasteiger partial charge in [0.2, 0.25) is 0 Å². The average Bonchev–Trinajstić information content (AvgIpc) is 2.02. The van der Waals surface area contributed by atoms with Crippen molar-refractivity contribution in [2.75, 3.05) is 0 Å². The van der Waals surface area contributed by atoms with Gasteiger partial charge in [-0.05, 0) is 25.7 Å². The summed E-state index contributed by atoms with van der Waals surface area (Å²) in [6.45, 7) is 1.36. The Morgan fingerprint density at radius 3 is 2.15 bits per heavy atom. The van der Waals surface area contributed by atoms with E-state index in [1.807, 2.05) is 0 Å². The lowest BCUT2D eigenvalue weighted by molar-refractivity contribution is -0.305. The monoisotopic (exact) mass is 184 g/mol. The first-order chi connectivity index (χ1) is 6.04. The standard InChI is InChI=1S/C9H15NO3/c1-7(11)8(10)5-3-2-4-6-9(12)13/h10H,2-6H2,1H3,(H,12,13)/p-1. The van der Waals surface area contributed by atoms with Crippen molar-refractivity contribution in [1.29, 1.82) is 5.41 Å². The molecule has 0 unspecified atom stereocenters. The van der Waals surface area contributed by atoms with Crippen LogP contribution in [0.3, 0.4) is 0 Å². The minimum absolute atomic E-state index is 0.0629. The Morgan fingerprint density at radius 1 is 1.15 bits per heavy atom. The third-order valence-corrected chi connectivity index (χ3v) is 1.73. The van der Waals surface area contributed by atoms with Gasteiger partial charge in [-0.15, -0.1) is 0 Å². The number of nitrogens with one attached hydrogen (secondary N) is 1. The van der Waals surface area contributed by atoms with E-state index in [0.717, 1.165) is 6.42 Å². The molecule has 0 amide bonds. The molecular weight excluding hydrogens is 170 g/mol. The lowest BCUT2D eigenvalue weighted by Gasteiger charge is -2.01. The molecule has 0 spiro atoms. The molecule has 0 rings (SSSR count). The lowest BCUT2D eigenvalue weighted by atomic mass is 10.1. The van der Waals surface area contributed by atoms with Crippen LogP contribution in [0.1, 0.15) is 39.0 Å². The second-order valence-electron chi connectivity index (χ2n) is 2.97. The first kappa shape index (κ1) is 11.8. The largest absolute Gasteiger partial charge is 0.550 e. The molecule has 4 nitrogen and oxygen atoms in total. The number of carbonyl (C=O) groups is 2. The van der Waals surface area contributed by atoms with Crippen molar-refractivity contribution in [3.8, 4) is 0 Å². The van der Waals surface area contributed by atoms with Gasteiger partial charge in [-0.25, -0.2) is 0 Å². The van der Waals surface area contributed by atoms with Crippen LogP contribution in [0.25, 0.3) is 0 Å². The normalized spacial score (nSPS) is 9.62. The van der Waals surface area contributed by atoms with E-state index in [4.69, 9.17) is 5.41 Å². The number of carbonyl (C=O) groups excluding carboxylic acids is 2. The second-order valence-corrected chi connectivity index (χ2v) is 2.97. The van der Waals surface area contributed by atoms with Crippen molar-refractivity contribution >= 4 is 17.5 Å². The molecule has 0 aliphatic carbocycles. The van der Waals surface area contributed by atoms with Crippen molar-refractivity contribution in [1.82, 2.24) is 0 Å². The maximum absolute atomic E-state index is 10.6. The van der Waals surface area contributed by atoms with Crippen LogP contribution < -0.4 is 5.11 Å². The smallest absolute Gasteiger partial charge is 0.173 e. The van der Waals surface area contributed by atoms with Gasteiger partial charge in [0.05, 0.1) is 5.71 Å². The van der Waals surface area contributed by atoms with E-state index < -0.39 is 5.97 Å². The van der Waals surface area contributed by atoms with Gasteiger partial charge in [-0.1, -0.05) is 6.42 Å². The molecule has 0 aromatic rings. The van der Waals surface area contributed by atoms with Crippen LogP contribution >= 0.6 is 0 Å². The molecule has 13 heavy (non-hydrogen) atoms. The molecule has 0 atom stereocenters. The van der Waals surface area contributed by atoms with Gasteiger partial charge in [0.25, 0.3) is 0 Å². The van der Waals surface area contributed by atoms with E-state index in [0.29, 0.717) is 19.3 Å². The van der Waals surface area contributed by atoms with Gasteiger partial charge >= 0.3 is 0 Å². The summed E-state index contributed by atoms with van der Waals surface area (Å²) in [5.41, 5.74) is 0.119. The number of ketones is 1. The zero-order valence-corrected chi connectivity index (χ0v) is 7.76. The minimum atomic E-state index is -1.04. The molecule has 0 aliphatic heterocycles. The van der Waals surface area contributed by atoms with Crippen molar-refractivity contribution in [2.24, 2.45) is 0 Å². The van der Waals surface area contributed by atoms with Crippen molar-refractivity contribution in [3.63, 3.8) is 0 Å². The minimum Gasteiger partial charge on any atom is -0.550 e. The van der Waals surface area contributed by atoms with Gasteiger partial charge in [-0.2, -0.15) is 0 Å². The molecule has 0 aromatic carbocycles. The summed E-state index contributed by atoms with van der Waals surface area (Å²) in [4.78, 5) is 20.6. The summed E-state index contributed by atoms with van der Waals surface area (Å²) in [6.07, 6.45) is 2.50.